The molecule has 3 nitrogen and oxygen atoms in total. The molecule has 0 aromatic heterocycles. The van der Waals surface area contributed by atoms with Crippen LogP contribution in [0.5, 0.6) is 0 Å². The Kier molecular flexibility index (Phi) is 7.66. The molecule has 1 saturated heterocycles. The number of rotatable bonds is 5. The number of aliphatic imine (C=N–C) groups is 1. The van der Waals surface area contributed by atoms with E-state index in [4.69, 9.17) is 0 Å². The van der Waals surface area contributed by atoms with E-state index < -0.39 is 0 Å². The smallest absolute Gasteiger partial charge is 0.191 e. The molecule has 1 heterocycles. The summed E-state index contributed by atoms with van der Waals surface area (Å²) >= 11 is 2.09. The number of nitrogens with one attached hydrogen (secondary N) is 2. The summed E-state index contributed by atoms with van der Waals surface area (Å²) in [5.41, 5.74) is 0. The van der Waals surface area contributed by atoms with Crippen LogP contribution in [0.4, 0.5) is 0 Å². The molecule has 0 aromatic carbocycles. The first kappa shape index (κ1) is 15.4. The van der Waals surface area contributed by atoms with Crippen molar-refractivity contribution in [1.29, 1.82) is 0 Å². The predicted molar refractivity (Wildman–Crippen MR) is 87.6 cm³/mol. The first-order valence-electron chi connectivity index (χ1n) is 6.52. The Bertz CT molecular complexity index is 238. The van der Waals surface area contributed by atoms with Crippen molar-refractivity contribution in [2.24, 2.45) is 10.9 Å². The normalized spacial score (nSPS) is 24.3. The summed E-state index contributed by atoms with van der Waals surface area (Å²) in [6, 6.07) is 0. The highest BCUT2D eigenvalue weighted by atomic mass is 127. The molecule has 1 atom stereocenters. The van der Waals surface area contributed by atoms with Gasteiger partial charge in [-0.2, -0.15) is 11.8 Å². The molecule has 2 rings (SSSR count). The molecule has 0 radical (unpaired) electrons. The van der Waals surface area contributed by atoms with Crippen LogP contribution in [0, 0.1) is 5.92 Å². The zero-order chi connectivity index (χ0) is 11.2. The predicted octanol–water partition coefficient (Wildman–Crippen LogP) is 2.47. The fraction of sp³-hybridized carbons (Fsp3) is 0.917. The molecule has 0 spiro atoms. The number of hydrogen-bond donors (Lipinski definition) is 2. The molecule has 0 aromatic rings. The van der Waals surface area contributed by atoms with E-state index in [-0.39, 0.29) is 24.0 Å². The van der Waals surface area contributed by atoms with E-state index in [2.05, 4.69) is 34.3 Å². The lowest BCUT2D eigenvalue weighted by Gasteiger charge is -2.14. The summed E-state index contributed by atoms with van der Waals surface area (Å²) in [6.07, 6.45) is 5.50. The van der Waals surface area contributed by atoms with Crippen LogP contribution < -0.4 is 10.6 Å². The molecule has 1 aliphatic carbocycles. The van der Waals surface area contributed by atoms with Gasteiger partial charge in [-0.05, 0) is 44.3 Å². The quantitative estimate of drug-likeness (QED) is 0.444. The van der Waals surface area contributed by atoms with Crippen LogP contribution in [-0.4, -0.2) is 36.6 Å². The van der Waals surface area contributed by atoms with Crippen LogP contribution in [0.1, 0.15) is 32.6 Å². The van der Waals surface area contributed by atoms with Crippen molar-refractivity contribution in [3.8, 4) is 0 Å². The molecule has 0 amide bonds. The zero-order valence-electron chi connectivity index (χ0n) is 10.6. The molecular weight excluding hydrogens is 345 g/mol. The lowest BCUT2D eigenvalue weighted by Crippen LogP contribution is -2.40. The van der Waals surface area contributed by atoms with Crippen molar-refractivity contribution in [3.05, 3.63) is 0 Å². The molecule has 1 saturated carbocycles. The highest BCUT2D eigenvalue weighted by Gasteiger charge is 2.21. The fourth-order valence-corrected chi connectivity index (χ4v) is 3.08. The van der Waals surface area contributed by atoms with Crippen molar-refractivity contribution in [2.75, 3.05) is 25.4 Å². The number of guanidine groups is 1. The Balaban J connectivity index is 0.00000144. The van der Waals surface area contributed by atoms with Crippen molar-refractivity contribution in [2.45, 2.75) is 37.9 Å². The molecule has 17 heavy (non-hydrogen) atoms. The first-order chi connectivity index (χ1) is 7.88. The largest absolute Gasteiger partial charge is 0.357 e. The highest BCUT2D eigenvalue weighted by molar-refractivity contribution is 14.0. The minimum absolute atomic E-state index is 0. The summed E-state index contributed by atoms with van der Waals surface area (Å²) in [6.45, 7) is 5.15. The minimum atomic E-state index is 0. The molecule has 100 valence electrons. The standard InChI is InChI=1S/C12H23N3S.HI/c1-2-13-12(14-8-10-5-6-10)15-9-11-4-3-7-16-11;/h10-11H,2-9H2,1H3,(H2,13,14,15);1H. The van der Waals surface area contributed by atoms with Crippen LogP contribution in [0.25, 0.3) is 0 Å². The van der Waals surface area contributed by atoms with E-state index in [1.54, 1.807) is 0 Å². The van der Waals surface area contributed by atoms with Crippen molar-refractivity contribution in [3.63, 3.8) is 0 Å². The molecule has 5 heteroatoms. The Morgan fingerprint density at radius 2 is 2.12 bits per heavy atom. The van der Waals surface area contributed by atoms with E-state index in [1.165, 1.54) is 31.4 Å². The maximum atomic E-state index is 4.62. The molecule has 1 unspecified atom stereocenters. The van der Waals surface area contributed by atoms with Gasteiger partial charge in [0.25, 0.3) is 0 Å². The lowest BCUT2D eigenvalue weighted by atomic mass is 10.2. The third-order valence-electron chi connectivity index (χ3n) is 3.07. The second-order valence-corrected chi connectivity index (χ2v) is 6.09. The van der Waals surface area contributed by atoms with E-state index in [0.717, 1.165) is 36.8 Å². The van der Waals surface area contributed by atoms with Gasteiger partial charge in [0.05, 0.1) is 0 Å². The van der Waals surface area contributed by atoms with Crippen molar-refractivity contribution >= 4 is 41.7 Å². The van der Waals surface area contributed by atoms with Crippen LogP contribution in [-0.2, 0) is 0 Å². The van der Waals surface area contributed by atoms with Gasteiger partial charge in [0.15, 0.2) is 5.96 Å². The summed E-state index contributed by atoms with van der Waals surface area (Å²) in [4.78, 5) is 4.62. The molecule has 1 aliphatic heterocycles. The third-order valence-corrected chi connectivity index (χ3v) is 4.47. The van der Waals surface area contributed by atoms with Crippen LogP contribution in [0.3, 0.4) is 0 Å². The monoisotopic (exact) mass is 369 g/mol. The van der Waals surface area contributed by atoms with Gasteiger partial charge in [0, 0.05) is 24.9 Å². The number of nitrogens with zero attached hydrogens (tertiary/aromatic N) is 1. The maximum Gasteiger partial charge on any atom is 0.191 e. The van der Waals surface area contributed by atoms with Crippen molar-refractivity contribution in [1.82, 2.24) is 10.6 Å². The van der Waals surface area contributed by atoms with E-state index in [9.17, 15) is 0 Å². The van der Waals surface area contributed by atoms with Crippen molar-refractivity contribution < 1.29 is 0 Å². The summed E-state index contributed by atoms with van der Waals surface area (Å²) < 4.78 is 0. The average Bonchev–Trinajstić information content (AvgIpc) is 2.97. The maximum absolute atomic E-state index is 4.62. The van der Waals surface area contributed by atoms with Gasteiger partial charge >= 0.3 is 0 Å². The molecular formula is C12H24IN3S. The third kappa shape index (κ3) is 6.18. The van der Waals surface area contributed by atoms with Gasteiger partial charge < -0.3 is 10.6 Å². The summed E-state index contributed by atoms with van der Waals surface area (Å²) in [5.74, 6) is 3.22. The lowest BCUT2D eigenvalue weighted by molar-refractivity contribution is 0.722. The second-order valence-electron chi connectivity index (χ2n) is 4.68. The topological polar surface area (TPSA) is 36.4 Å². The molecule has 0 bridgehead atoms. The summed E-state index contributed by atoms with van der Waals surface area (Å²) in [5, 5.41) is 7.58. The molecule has 2 N–H and O–H groups in total. The van der Waals surface area contributed by atoms with Crippen LogP contribution >= 0.6 is 35.7 Å². The Morgan fingerprint density at radius 3 is 2.71 bits per heavy atom. The van der Waals surface area contributed by atoms with Gasteiger partial charge in [-0.25, -0.2) is 0 Å². The Morgan fingerprint density at radius 1 is 1.29 bits per heavy atom. The van der Waals surface area contributed by atoms with E-state index in [1.807, 2.05) is 0 Å². The zero-order valence-corrected chi connectivity index (χ0v) is 13.7. The Labute approximate surface area is 126 Å². The van der Waals surface area contributed by atoms with E-state index in [0.29, 0.717) is 0 Å². The highest BCUT2D eigenvalue weighted by Crippen LogP contribution is 2.28. The number of hydrogen-bond acceptors (Lipinski definition) is 2. The first-order valence-corrected chi connectivity index (χ1v) is 7.57. The van der Waals surface area contributed by atoms with Crippen LogP contribution in [0.15, 0.2) is 4.99 Å². The average molecular weight is 369 g/mol. The fourth-order valence-electron chi connectivity index (χ4n) is 1.88. The van der Waals surface area contributed by atoms with Crippen LogP contribution in [0.2, 0.25) is 0 Å². The minimum Gasteiger partial charge on any atom is -0.357 e. The number of halogens is 1. The second kappa shape index (κ2) is 8.45. The van der Waals surface area contributed by atoms with Gasteiger partial charge in [-0.3, -0.25) is 4.99 Å². The van der Waals surface area contributed by atoms with Gasteiger partial charge in [0.1, 0.15) is 0 Å². The van der Waals surface area contributed by atoms with Gasteiger partial charge in [-0.1, -0.05) is 0 Å². The molecule has 2 fully saturated rings. The van der Waals surface area contributed by atoms with E-state index >= 15 is 0 Å². The molecule has 2 aliphatic rings. The van der Waals surface area contributed by atoms with Gasteiger partial charge in [-0.15, -0.1) is 24.0 Å². The van der Waals surface area contributed by atoms with Gasteiger partial charge in [0.2, 0.25) is 0 Å². The SMILES string of the molecule is CCNC(=NCC1CC1)NCC1CCCS1.I. The Hall–Kier alpha value is 0.350. The number of thioether (sulfide) groups is 1. The summed E-state index contributed by atoms with van der Waals surface area (Å²) in [7, 11) is 0.